The Hall–Kier alpha value is -3.68. The van der Waals surface area contributed by atoms with Gasteiger partial charge in [-0.05, 0) is 36.4 Å². The van der Waals surface area contributed by atoms with Crippen LogP contribution in [0.5, 0.6) is 28.7 Å². The number of ether oxygens (including phenoxy) is 5. The molecular weight excluding hydrogens is 388 g/mol. The minimum atomic E-state index is -0.224. The topological polar surface area (TPSA) is 81.0 Å². The third-order valence-corrected chi connectivity index (χ3v) is 4.65. The van der Waals surface area contributed by atoms with Crippen molar-refractivity contribution in [2.75, 3.05) is 35.5 Å². The molecule has 0 radical (unpaired) electrons. The quantitative estimate of drug-likeness (QED) is 0.582. The second-order valence-electron chi connectivity index (χ2n) is 6.33. The highest BCUT2D eigenvalue weighted by Gasteiger charge is 2.19. The van der Waals surface area contributed by atoms with E-state index in [1.54, 1.807) is 59.8 Å². The molecule has 0 fully saturated rings. The molecule has 3 rings (SSSR count). The molecule has 158 valence electrons. The number of carbonyl (C=O) groups excluding carboxylic acids is 1. The number of aromatic nitrogens is 2. The summed E-state index contributed by atoms with van der Waals surface area (Å²) >= 11 is 0. The van der Waals surface area contributed by atoms with Crippen LogP contribution in [0.1, 0.15) is 11.7 Å². The van der Waals surface area contributed by atoms with Crippen molar-refractivity contribution in [1.29, 1.82) is 0 Å². The molecule has 0 atom stereocenters. The van der Waals surface area contributed by atoms with Crippen LogP contribution in [0.25, 0.3) is 22.5 Å². The lowest BCUT2D eigenvalue weighted by Crippen LogP contribution is -2.09. The van der Waals surface area contributed by atoms with Gasteiger partial charge >= 0.3 is 0 Å². The molecule has 2 aromatic carbocycles. The Morgan fingerprint density at radius 3 is 1.80 bits per heavy atom. The first kappa shape index (κ1) is 21.0. The van der Waals surface area contributed by atoms with Crippen molar-refractivity contribution in [3.63, 3.8) is 0 Å². The average Bonchev–Trinajstić information content (AvgIpc) is 3.23. The van der Waals surface area contributed by atoms with E-state index in [4.69, 9.17) is 23.7 Å². The van der Waals surface area contributed by atoms with Crippen LogP contribution in [0.3, 0.4) is 0 Å². The van der Waals surface area contributed by atoms with Crippen LogP contribution in [0.15, 0.2) is 36.4 Å². The lowest BCUT2D eigenvalue weighted by atomic mass is 10.1. The van der Waals surface area contributed by atoms with E-state index in [-0.39, 0.29) is 5.91 Å². The molecule has 8 heteroatoms. The van der Waals surface area contributed by atoms with Gasteiger partial charge in [-0.3, -0.25) is 4.79 Å². The number of hydrogen-bond acceptors (Lipinski definition) is 7. The summed E-state index contributed by atoms with van der Waals surface area (Å²) in [5, 5.41) is 4.50. The summed E-state index contributed by atoms with van der Waals surface area (Å²) in [4.78, 5) is 12.3. The second-order valence-corrected chi connectivity index (χ2v) is 6.33. The summed E-state index contributed by atoms with van der Waals surface area (Å²) in [5.41, 5.74) is 2.67. The summed E-state index contributed by atoms with van der Waals surface area (Å²) < 4.78 is 28.3. The van der Waals surface area contributed by atoms with E-state index in [1.165, 1.54) is 11.6 Å². The van der Waals surface area contributed by atoms with Gasteiger partial charge in [-0.1, -0.05) is 0 Å². The fraction of sp³-hybridized carbons (Fsp3) is 0.273. The van der Waals surface area contributed by atoms with Crippen LogP contribution in [0.4, 0.5) is 0 Å². The molecule has 0 unspecified atom stereocenters. The van der Waals surface area contributed by atoms with E-state index < -0.39 is 0 Å². The van der Waals surface area contributed by atoms with Gasteiger partial charge in [0.15, 0.2) is 23.0 Å². The van der Waals surface area contributed by atoms with Crippen molar-refractivity contribution in [1.82, 2.24) is 9.78 Å². The highest BCUT2D eigenvalue weighted by molar-refractivity contribution is 5.84. The SMILES string of the molecule is COc1ccc(-c2cc(-c3cc(OC)c(OC)c(OC)c3)nn2C(C)=O)cc1OC. The lowest BCUT2D eigenvalue weighted by Gasteiger charge is -2.13. The van der Waals surface area contributed by atoms with Crippen LogP contribution in [-0.2, 0) is 0 Å². The van der Waals surface area contributed by atoms with Crippen molar-refractivity contribution in [3.8, 4) is 51.3 Å². The largest absolute Gasteiger partial charge is 0.493 e. The molecule has 0 amide bonds. The Morgan fingerprint density at radius 1 is 0.733 bits per heavy atom. The molecule has 0 saturated heterocycles. The first-order valence-electron chi connectivity index (χ1n) is 9.11. The monoisotopic (exact) mass is 412 g/mol. The summed E-state index contributed by atoms with van der Waals surface area (Å²) in [5.74, 6) is 2.41. The van der Waals surface area contributed by atoms with Gasteiger partial charge in [0.05, 0.1) is 46.9 Å². The molecule has 0 bridgehead atoms. The van der Waals surface area contributed by atoms with Crippen molar-refractivity contribution < 1.29 is 28.5 Å². The Morgan fingerprint density at radius 2 is 1.30 bits per heavy atom. The summed E-state index contributed by atoms with van der Waals surface area (Å²) in [7, 11) is 7.76. The van der Waals surface area contributed by atoms with E-state index in [0.717, 1.165) is 5.56 Å². The lowest BCUT2D eigenvalue weighted by molar-refractivity contribution is 0.0923. The maximum atomic E-state index is 12.3. The van der Waals surface area contributed by atoms with Crippen molar-refractivity contribution in [2.24, 2.45) is 0 Å². The number of hydrogen-bond donors (Lipinski definition) is 0. The van der Waals surface area contributed by atoms with Gasteiger partial charge in [0.25, 0.3) is 0 Å². The fourth-order valence-electron chi connectivity index (χ4n) is 3.19. The molecule has 0 aliphatic heterocycles. The minimum absolute atomic E-state index is 0.224. The van der Waals surface area contributed by atoms with E-state index in [1.807, 2.05) is 12.1 Å². The first-order valence-corrected chi connectivity index (χ1v) is 9.11. The van der Waals surface area contributed by atoms with E-state index in [0.29, 0.717) is 45.7 Å². The van der Waals surface area contributed by atoms with Crippen molar-refractivity contribution in [2.45, 2.75) is 6.92 Å². The van der Waals surface area contributed by atoms with Crippen LogP contribution in [-0.4, -0.2) is 51.2 Å². The van der Waals surface area contributed by atoms with Gasteiger partial charge < -0.3 is 23.7 Å². The molecule has 30 heavy (non-hydrogen) atoms. The molecule has 0 aliphatic carbocycles. The number of methoxy groups -OCH3 is 5. The van der Waals surface area contributed by atoms with Gasteiger partial charge in [-0.15, -0.1) is 0 Å². The van der Waals surface area contributed by atoms with Crippen molar-refractivity contribution in [3.05, 3.63) is 36.4 Å². The zero-order valence-electron chi connectivity index (χ0n) is 17.8. The average molecular weight is 412 g/mol. The molecule has 0 saturated carbocycles. The molecule has 0 spiro atoms. The molecule has 0 aliphatic rings. The van der Waals surface area contributed by atoms with Gasteiger partial charge in [0.2, 0.25) is 11.7 Å². The van der Waals surface area contributed by atoms with E-state index in [9.17, 15) is 4.79 Å². The molecule has 8 nitrogen and oxygen atoms in total. The number of nitrogens with zero attached hydrogens (tertiary/aromatic N) is 2. The number of rotatable bonds is 7. The minimum Gasteiger partial charge on any atom is -0.493 e. The Kier molecular flexibility index (Phi) is 6.15. The smallest absolute Gasteiger partial charge is 0.244 e. The summed E-state index contributed by atoms with van der Waals surface area (Å²) in [6.45, 7) is 1.45. The van der Waals surface area contributed by atoms with Crippen LogP contribution in [0, 0.1) is 0 Å². The molecule has 1 aromatic heterocycles. The molecule has 0 N–H and O–H groups in total. The second kappa shape index (κ2) is 8.77. The fourth-order valence-corrected chi connectivity index (χ4v) is 3.19. The maximum absolute atomic E-state index is 12.3. The Balaban J connectivity index is 2.18. The molecular formula is C22H24N2O6. The molecule has 1 heterocycles. The van der Waals surface area contributed by atoms with Gasteiger partial charge in [0, 0.05) is 18.1 Å². The van der Waals surface area contributed by atoms with Gasteiger partial charge in [0.1, 0.15) is 0 Å². The normalized spacial score (nSPS) is 10.5. The summed E-state index contributed by atoms with van der Waals surface area (Å²) in [6, 6.07) is 10.8. The van der Waals surface area contributed by atoms with E-state index >= 15 is 0 Å². The van der Waals surface area contributed by atoms with Crippen molar-refractivity contribution >= 4 is 5.91 Å². The van der Waals surface area contributed by atoms with Crippen LogP contribution in [0.2, 0.25) is 0 Å². The standard InChI is InChI=1S/C22H24N2O6/c1-13(25)24-17(14-7-8-18(26-2)19(9-14)27-3)12-16(23-24)15-10-20(28-4)22(30-6)21(11-15)29-5/h7-12H,1-6H3. The number of carbonyl (C=O) groups is 1. The molecule has 3 aromatic rings. The maximum Gasteiger partial charge on any atom is 0.244 e. The van der Waals surface area contributed by atoms with Crippen LogP contribution >= 0.6 is 0 Å². The van der Waals surface area contributed by atoms with Gasteiger partial charge in [-0.2, -0.15) is 9.78 Å². The Bertz CT molecular complexity index is 1050. The van der Waals surface area contributed by atoms with E-state index in [2.05, 4.69) is 5.10 Å². The zero-order valence-corrected chi connectivity index (χ0v) is 17.8. The number of benzene rings is 2. The predicted molar refractivity (Wildman–Crippen MR) is 112 cm³/mol. The first-order chi connectivity index (χ1) is 14.5. The van der Waals surface area contributed by atoms with Gasteiger partial charge in [-0.25, -0.2) is 0 Å². The predicted octanol–water partition coefficient (Wildman–Crippen LogP) is 3.92. The Labute approximate surface area is 174 Å². The summed E-state index contributed by atoms with van der Waals surface area (Å²) in [6.07, 6.45) is 0. The highest BCUT2D eigenvalue weighted by atomic mass is 16.5. The highest BCUT2D eigenvalue weighted by Crippen LogP contribution is 2.42. The van der Waals surface area contributed by atoms with Crippen LogP contribution < -0.4 is 23.7 Å². The third-order valence-electron chi connectivity index (χ3n) is 4.65. The zero-order chi connectivity index (χ0) is 21.8. The third kappa shape index (κ3) is 3.76.